The molecule has 1 heterocycles. The highest BCUT2D eigenvalue weighted by atomic mass is 32.1. The molecular formula is C17H24N2O2S. The summed E-state index contributed by atoms with van der Waals surface area (Å²) in [4.78, 5) is 14.6. The maximum atomic E-state index is 11.7. The van der Waals surface area contributed by atoms with E-state index in [0.29, 0.717) is 18.0 Å². The molecule has 1 aliphatic rings. The number of likely N-dealkylation sites (tertiary alicyclic amines) is 1. The predicted molar refractivity (Wildman–Crippen MR) is 91.6 cm³/mol. The number of carbonyl (C=O) groups excluding carboxylic acids is 1. The molecule has 0 atom stereocenters. The highest BCUT2D eigenvalue weighted by Crippen LogP contribution is 2.20. The number of esters is 1. The summed E-state index contributed by atoms with van der Waals surface area (Å²) >= 11 is 4.92. The van der Waals surface area contributed by atoms with Gasteiger partial charge >= 0.3 is 5.97 Å². The summed E-state index contributed by atoms with van der Waals surface area (Å²) < 4.78 is 5.10. The van der Waals surface area contributed by atoms with Gasteiger partial charge < -0.3 is 10.5 Å². The molecule has 1 aromatic carbocycles. The Morgan fingerprint density at radius 2 is 1.86 bits per heavy atom. The van der Waals surface area contributed by atoms with Crippen LogP contribution in [0, 0.1) is 5.92 Å². The summed E-state index contributed by atoms with van der Waals surface area (Å²) in [7, 11) is 0. The first-order chi connectivity index (χ1) is 10.6. The Kier molecular flexibility index (Phi) is 6.34. The number of piperidine rings is 1. The lowest BCUT2D eigenvalue weighted by atomic mass is 9.96. The zero-order valence-electron chi connectivity index (χ0n) is 13.1. The van der Waals surface area contributed by atoms with Crippen molar-refractivity contribution in [2.24, 2.45) is 11.7 Å². The van der Waals surface area contributed by atoms with Gasteiger partial charge in [-0.25, -0.2) is 0 Å². The Bertz CT molecular complexity index is 508. The summed E-state index contributed by atoms with van der Waals surface area (Å²) in [5.41, 5.74) is 7.99. The van der Waals surface area contributed by atoms with E-state index >= 15 is 0 Å². The van der Waals surface area contributed by atoms with E-state index < -0.39 is 0 Å². The van der Waals surface area contributed by atoms with Gasteiger partial charge in [0, 0.05) is 13.0 Å². The quantitative estimate of drug-likeness (QED) is 0.644. The van der Waals surface area contributed by atoms with Crippen LogP contribution in [0.15, 0.2) is 24.3 Å². The van der Waals surface area contributed by atoms with Crippen LogP contribution in [-0.2, 0) is 22.5 Å². The van der Waals surface area contributed by atoms with Gasteiger partial charge in [-0.15, -0.1) is 0 Å². The summed E-state index contributed by atoms with van der Waals surface area (Å²) in [6, 6.07) is 8.43. The fourth-order valence-electron chi connectivity index (χ4n) is 2.81. The Labute approximate surface area is 137 Å². The summed E-state index contributed by atoms with van der Waals surface area (Å²) in [5.74, 6) is 0.0356. The van der Waals surface area contributed by atoms with Gasteiger partial charge in [0.2, 0.25) is 0 Å². The van der Waals surface area contributed by atoms with E-state index in [1.54, 1.807) is 0 Å². The van der Waals surface area contributed by atoms with Gasteiger partial charge in [0.1, 0.15) is 0 Å². The predicted octanol–water partition coefficient (Wildman–Crippen LogP) is 2.29. The molecule has 22 heavy (non-hydrogen) atoms. The molecular weight excluding hydrogens is 296 g/mol. The van der Waals surface area contributed by atoms with Crippen LogP contribution >= 0.6 is 12.2 Å². The molecule has 0 bridgehead atoms. The Balaban J connectivity index is 1.80. The van der Waals surface area contributed by atoms with Gasteiger partial charge in [0.05, 0.1) is 17.5 Å². The van der Waals surface area contributed by atoms with Gasteiger partial charge in [0.15, 0.2) is 0 Å². The van der Waals surface area contributed by atoms with E-state index in [-0.39, 0.29) is 11.9 Å². The molecule has 0 aliphatic carbocycles. The van der Waals surface area contributed by atoms with Crippen LogP contribution in [0.5, 0.6) is 0 Å². The van der Waals surface area contributed by atoms with Crippen molar-refractivity contribution in [2.75, 3.05) is 19.7 Å². The van der Waals surface area contributed by atoms with Crippen molar-refractivity contribution in [3.63, 3.8) is 0 Å². The van der Waals surface area contributed by atoms with Crippen molar-refractivity contribution >= 4 is 23.2 Å². The van der Waals surface area contributed by atoms with Crippen molar-refractivity contribution in [1.82, 2.24) is 4.90 Å². The van der Waals surface area contributed by atoms with E-state index in [4.69, 9.17) is 22.7 Å². The number of nitrogens with zero attached hydrogens (tertiary/aromatic N) is 1. The second-order valence-corrected chi connectivity index (χ2v) is 6.29. The van der Waals surface area contributed by atoms with Crippen molar-refractivity contribution in [3.05, 3.63) is 35.4 Å². The number of benzene rings is 1. The van der Waals surface area contributed by atoms with E-state index in [2.05, 4.69) is 29.2 Å². The third kappa shape index (κ3) is 5.07. The highest BCUT2D eigenvalue weighted by molar-refractivity contribution is 7.80. The zero-order chi connectivity index (χ0) is 15.9. The summed E-state index contributed by atoms with van der Waals surface area (Å²) in [6.45, 7) is 5.13. The van der Waals surface area contributed by atoms with Crippen LogP contribution in [0.3, 0.4) is 0 Å². The largest absolute Gasteiger partial charge is 0.466 e. The molecule has 1 saturated heterocycles. The fourth-order valence-corrected chi connectivity index (χ4v) is 2.98. The monoisotopic (exact) mass is 320 g/mol. The molecule has 2 N–H and O–H groups in total. The molecule has 0 aromatic heterocycles. The van der Waals surface area contributed by atoms with E-state index in [1.165, 1.54) is 5.56 Å². The summed E-state index contributed by atoms with van der Waals surface area (Å²) in [5, 5.41) is 0. The molecule has 120 valence electrons. The van der Waals surface area contributed by atoms with Crippen LogP contribution in [0.4, 0.5) is 0 Å². The van der Waals surface area contributed by atoms with Gasteiger partial charge in [-0.05, 0) is 44.0 Å². The van der Waals surface area contributed by atoms with Crippen molar-refractivity contribution in [1.29, 1.82) is 0 Å². The molecule has 1 aliphatic heterocycles. The molecule has 0 spiro atoms. The van der Waals surface area contributed by atoms with Gasteiger partial charge in [-0.1, -0.05) is 36.5 Å². The normalized spacial score (nSPS) is 16.4. The van der Waals surface area contributed by atoms with Crippen LogP contribution in [0.25, 0.3) is 0 Å². The first-order valence-electron chi connectivity index (χ1n) is 7.83. The number of ether oxygens (including phenoxy) is 1. The van der Waals surface area contributed by atoms with Crippen molar-refractivity contribution in [3.8, 4) is 0 Å². The second-order valence-electron chi connectivity index (χ2n) is 5.76. The maximum Gasteiger partial charge on any atom is 0.309 e. The van der Waals surface area contributed by atoms with E-state index in [1.807, 2.05) is 6.92 Å². The number of hydrogen-bond acceptors (Lipinski definition) is 4. The molecule has 0 radical (unpaired) electrons. The average Bonchev–Trinajstić information content (AvgIpc) is 2.50. The van der Waals surface area contributed by atoms with Crippen molar-refractivity contribution < 1.29 is 9.53 Å². The number of carbonyl (C=O) groups is 1. The molecule has 0 unspecified atom stereocenters. The molecule has 0 saturated carbocycles. The first kappa shape index (κ1) is 16.9. The lowest BCUT2D eigenvalue weighted by Gasteiger charge is -2.30. The van der Waals surface area contributed by atoms with Crippen LogP contribution in [-0.4, -0.2) is 35.6 Å². The molecule has 2 rings (SSSR count). The minimum absolute atomic E-state index is 0.0377. The number of thiocarbonyl (C=S) groups is 1. The molecule has 5 heteroatoms. The topological polar surface area (TPSA) is 55.6 Å². The fraction of sp³-hybridized carbons (Fsp3) is 0.529. The van der Waals surface area contributed by atoms with Crippen LogP contribution < -0.4 is 5.73 Å². The van der Waals surface area contributed by atoms with Crippen molar-refractivity contribution in [2.45, 2.75) is 32.7 Å². The highest BCUT2D eigenvalue weighted by Gasteiger charge is 2.25. The Morgan fingerprint density at radius 3 is 2.41 bits per heavy atom. The first-order valence-corrected chi connectivity index (χ1v) is 8.24. The van der Waals surface area contributed by atoms with Gasteiger partial charge in [0.25, 0.3) is 0 Å². The molecule has 4 nitrogen and oxygen atoms in total. The maximum absolute atomic E-state index is 11.7. The Hall–Kier alpha value is -1.46. The standard InChI is InChI=1S/C17H24N2O2S/c1-2-21-17(20)15-7-9-19(10-8-15)12-14-5-3-13(4-6-14)11-16(18)22/h3-6,15H,2,7-12H2,1H3,(H2,18,22). The lowest BCUT2D eigenvalue weighted by Crippen LogP contribution is -2.36. The summed E-state index contributed by atoms with van der Waals surface area (Å²) in [6.07, 6.45) is 2.43. The third-order valence-corrected chi connectivity index (χ3v) is 4.16. The van der Waals surface area contributed by atoms with Gasteiger partial charge in [-0.3, -0.25) is 9.69 Å². The van der Waals surface area contributed by atoms with Crippen LogP contribution in [0.2, 0.25) is 0 Å². The van der Waals surface area contributed by atoms with E-state index in [0.717, 1.165) is 38.0 Å². The SMILES string of the molecule is CCOC(=O)C1CCN(Cc2ccc(CC(N)=S)cc2)CC1. The molecule has 1 aromatic rings. The Morgan fingerprint density at radius 1 is 1.27 bits per heavy atom. The van der Waals surface area contributed by atoms with Gasteiger partial charge in [-0.2, -0.15) is 0 Å². The second kappa shape index (κ2) is 8.25. The smallest absolute Gasteiger partial charge is 0.309 e. The number of rotatable bonds is 6. The number of hydrogen-bond donors (Lipinski definition) is 1. The zero-order valence-corrected chi connectivity index (χ0v) is 13.9. The van der Waals surface area contributed by atoms with E-state index in [9.17, 15) is 4.79 Å². The molecule has 0 amide bonds. The number of nitrogens with two attached hydrogens (primary N) is 1. The minimum atomic E-state index is -0.0377. The minimum Gasteiger partial charge on any atom is -0.466 e. The lowest BCUT2D eigenvalue weighted by molar-refractivity contribution is -0.149. The average molecular weight is 320 g/mol. The molecule has 1 fully saturated rings. The third-order valence-electron chi connectivity index (χ3n) is 4.02. The van der Waals surface area contributed by atoms with Crippen LogP contribution in [0.1, 0.15) is 30.9 Å².